The van der Waals surface area contributed by atoms with E-state index in [1.54, 1.807) is 0 Å². The zero-order valence-electron chi connectivity index (χ0n) is 9.05. The molecule has 2 nitrogen and oxygen atoms in total. The highest BCUT2D eigenvalue weighted by Crippen LogP contribution is 2.39. The van der Waals surface area contributed by atoms with Gasteiger partial charge >= 0.3 is 0 Å². The molecule has 0 radical (unpaired) electrons. The Balaban J connectivity index is 1.92. The van der Waals surface area contributed by atoms with Gasteiger partial charge in [0.2, 0.25) is 0 Å². The maximum absolute atomic E-state index is 2.62. The van der Waals surface area contributed by atoms with Crippen molar-refractivity contribution in [3.63, 3.8) is 0 Å². The monoisotopic (exact) mass is 182 g/mol. The molecule has 2 saturated heterocycles. The van der Waals surface area contributed by atoms with E-state index < -0.39 is 0 Å². The van der Waals surface area contributed by atoms with Crippen molar-refractivity contribution in [3.05, 3.63) is 0 Å². The smallest absolute Gasteiger partial charge is 0.00393 e. The summed E-state index contributed by atoms with van der Waals surface area (Å²) in [7, 11) is 2.25. The summed E-state index contributed by atoms with van der Waals surface area (Å²) in [6.45, 7) is 8.89. The Labute approximate surface area is 81.9 Å². The summed E-state index contributed by atoms with van der Waals surface area (Å²) < 4.78 is 0. The Bertz CT molecular complexity index is 171. The van der Waals surface area contributed by atoms with Crippen molar-refractivity contribution in [2.45, 2.75) is 26.2 Å². The molecule has 2 aliphatic rings. The lowest BCUT2D eigenvalue weighted by molar-refractivity contribution is 0.127. The third kappa shape index (κ3) is 1.89. The normalized spacial score (nSPS) is 30.0. The van der Waals surface area contributed by atoms with Gasteiger partial charge in [0.15, 0.2) is 0 Å². The number of hydrogen-bond acceptors (Lipinski definition) is 2. The SMILES string of the molecule is CCN1CCC2(CCN(C)CC2)C1. The quantitative estimate of drug-likeness (QED) is 0.605. The average Bonchev–Trinajstić information content (AvgIpc) is 2.55. The molecule has 0 N–H and O–H groups in total. The average molecular weight is 182 g/mol. The molecular formula is C11H22N2. The first-order valence-corrected chi connectivity index (χ1v) is 5.65. The lowest BCUT2D eigenvalue weighted by Crippen LogP contribution is -2.39. The van der Waals surface area contributed by atoms with Gasteiger partial charge in [0.25, 0.3) is 0 Å². The fraction of sp³-hybridized carbons (Fsp3) is 1.00. The van der Waals surface area contributed by atoms with Gasteiger partial charge in [-0.05, 0) is 57.9 Å². The van der Waals surface area contributed by atoms with Crippen LogP contribution in [-0.4, -0.2) is 49.6 Å². The van der Waals surface area contributed by atoms with E-state index in [1.807, 2.05) is 0 Å². The molecule has 0 unspecified atom stereocenters. The van der Waals surface area contributed by atoms with Gasteiger partial charge in [0.05, 0.1) is 0 Å². The molecule has 2 aliphatic heterocycles. The lowest BCUT2D eigenvalue weighted by Gasteiger charge is -2.37. The molecule has 0 amide bonds. The van der Waals surface area contributed by atoms with Crippen molar-refractivity contribution >= 4 is 0 Å². The van der Waals surface area contributed by atoms with Gasteiger partial charge in [-0.15, -0.1) is 0 Å². The number of piperidine rings is 1. The van der Waals surface area contributed by atoms with E-state index >= 15 is 0 Å². The third-order valence-corrected chi connectivity index (χ3v) is 4.01. The van der Waals surface area contributed by atoms with Crippen molar-refractivity contribution in [2.24, 2.45) is 5.41 Å². The Morgan fingerprint density at radius 1 is 1.08 bits per heavy atom. The summed E-state index contributed by atoms with van der Waals surface area (Å²) >= 11 is 0. The molecule has 2 rings (SSSR count). The van der Waals surface area contributed by atoms with Gasteiger partial charge in [-0.25, -0.2) is 0 Å². The van der Waals surface area contributed by atoms with Gasteiger partial charge in [-0.3, -0.25) is 0 Å². The Kier molecular flexibility index (Phi) is 2.61. The number of likely N-dealkylation sites (tertiary alicyclic amines) is 2. The maximum Gasteiger partial charge on any atom is 0.00393 e. The van der Waals surface area contributed by atoms with Crippen LogP contribution in [0.1, 0.15) is 26.2 Å². The van der Waals surface area contributed by atoms with Gasteiger partial charge in [0.1, 0.15) is 0 Å². The van der Waals surface area contributed by atoms with Crippen LogP contribution >= 0.6 is 0 Å². The number of nitrogens with zero attached hydrogens (tertiary/aromatic N) is 2. The minimum atomic E-state index is 0.711. The third-order valence-electron chi connectivity index (χ3n) is 4.01. The van der Waals surface area contributed by atoms with Crippen molar-refractivity contribution in [3.8, 4) is 0 Å². The summed E-state index contributed by atoms with van der Waals surface area (Å²) in [4.78, 5) is 5.09. The standard InChI is InChI=1S/C11H22N2/c1-3-13-9-6-11(10-13)4-7-12(2)8-5-11/h3-10H2,1-2H3. The van der Waals surface area contributed by atoms with Gasteiger partial charge in [0, 0.05) is 6.54 Å². The molecule has 0 aromatic heterocycles. The molecule has 76 valence electrons. The summed E-state index contributed by atoms with van der Waals surface area (Å²) in [6.07, 6.45) is 4.31. The first-order valence-electron chi connectivity index (χ1n) is 5.65. The molecular weight excluding hydrogens is 160 g/mol. The molecule has 2 fully saturated rings. The second kappa shape index (κ2) is 3.58. The summed E-state index contributed by atoms with van der Waals surface area (Å²) in [6, 6.07) is 0. The zero-order chi connectivity index (χ0) is 9.31. The molecule has 13 heavy (non-hydrogen) atoms. The number of rotatable bonds is 1. The Hall–Kier alpha value is -0.0800. The predicted molar refractivity (Wildman–Crippen MR) is 55.9 cm³/mol. The van der Waals surface area contributed by atoms with E-state index in [-0.39, 0.29) is 0 Å². The molecule has 0 aromatic carbocycles. The molecule has 0 saturated carbocycles. The fourth-order valence-corrected chi connectivity index (χ4v) is 2.80. The van der Waals surface area contributed by atoms with E-state index in [0.29, 0.717) is 5.41 Å². The van der Waals surface area contributed by atoms with E-state index in [9.17, 15) is 0 Å². The van der Waals surface area contributed by atoms with E-state index in [4.69, 9.17) is 0 Å². The van der Waals surface area contributed by atoms with Gasteiger partial charge in [-0.2, -0.15) is 0 Å². The van der Waals surface area contributed by atoms with Crippen molar-refractivity contribution in [1.82, 2.24) is 9.80 Å². The number of hydrogen-bond donors (Lipinski definition) is 0. The van der Waals surface area contributed by atoms with Crippen molar-refractivity contribution in [1.29, 1.82) is 0 Å². The van der Waals surface area contributed by atoms with Crippen LogP contribution in [0.2, 0.25) is 0 Å². The van der Waals surface area contributed by atoms with Crippen LogP contribution in [0.15, 0.2) is 0 Å². The predicted octanol–water partition coefficient (Wildman–Crippen LogP) is 1.42. The van der Waals surface area contributed by atoms with Crippen LogP contribution in [0.3, 0.4) is 0 Å². The molecule has 1 spiro atoms. The second-order valence-electron chi connectivity index (χ2n) is 4.92. The van der Waals surface area contributed by atoms with Crippen molar-refractivity contribution < 1.29 is 0 Å². The highest BCUT2D eigenvalue weighted by atomic mass is 15.2. The highest BCUT2D eigenvalue weighted by Gasteiger charge is 2.39. The fourth-order valence-electron chi connectivity index (χ4n) is 2.80. The minimum absolute atomic E-state index is 0.711. The molecule has 0 atom stereocenters. The van der Waals surface area contributed by atoms with Crippen LogP contribution in [0.25, 0.3) is 0 Å². The van der Waals surface area contributed by atoms with Crippen LogP contribution in [0.5, 0.6) is 0 Å². The largest absolute Gasteiger partial charge is 0.306 e. The van der Waals surface area contributed by atoms with E-state index in [0.717, 1.165) is 0 Å². The zero-order valence-corrected chi connectivity index (χ0v) is 9.05. The summed E-state index contributed by atoms with van der Waals surface area (Å²) in [5.41, 5.74) is 0.711. The summed E-state index contributed by atoms with van der Waals surface area (Å²) in [5.74, 6) is 0. The molecule has 2 heterocycles. The van der Waals surface area contributed by atoms with Crippen LogP contribution in [0.4, 0.5) is 0 Å². The molecule has 0 aromatic rings. The first-order chi connectivity index (χ1) is 6.24. The van der Waals surface area contributed by atoms with E-state index in [2.05, 4.69) is 23.8 Å². The topological polar surface area (TPSA) is 6.48 Å². The van der Waals surface area contributed by atoms with Gasteiger partial charge in [-0.1, -0.05) is 6.92 Å². The van der Waals surface area contributed by atoms with E-state index in [1.165, 1.54) is 52.0 Å². The molecule has 2 heteroatoms. The highest BCUT2D eigenvalue weighted by molar-refractivity contribution is 4.92. The minimum Gasteiger partial charge on any atom is -0.306 e. The maximum atomic E-state index is 2.62. The van der Waals surface area contributed by atoms with Crippen LogP contribution in [-0.2, 0) is 0 Å². The Morgan fingerprint density at radius 3 is 2.23 bits per heavy atom. The Morgan fingerprint density at radius 2 is 1.69 bits per heavy atom. The van der Waals surface area contributed by atoms with Crippen molar-refractivity contribution in [2.75, 3.05) is 39.8 Å². The summed E-state index contributed by atoms with van der Waals surface area (Å²) in [5, 5.41) is 0. The lowest BCUT2D eigenvalue weighted by atomic mass is 9.78. The molecule has 0 aliphatic carbocycles. The molecule has 0 bridgehead atoms. The van der Waals surface area contributed by atoms with Gasteiger partial charge < -0.3 is 9.80 Å². The van der Waals surface area contributed by atoms with Crippen LogP contribution in [0, 0.1) is 5.41 Å². The first kappa shape index (κ1) is 9.47. The van der Waals surface area contributed by atoms with Crippen LogP contribution < -0.4 is 0 Å². The second-order valence-corrected chi connectivity index (χ2v) is 4.92.